The van der Waals surface area contributed by atoms with Crippen LogP contribution in [-0.2, 0) is 4.79 Å². The number of anilines is 1. The molecule has 0 heterocycles. The molecule has 1 aromatic rings. The van der Waals surface area contributed by atoms with Crippen molar-refractivity contribution in [2.45, 2.75) is 19.4 Å². The van der Waals surface area contributed by atoms with E-state index < -0.39 is 33.2 Å². The average Bonchev–Trinajstić information content (AvgIpc) is 2.35. The number of aliphatic carboxylic acids is 1. The molecule has 0 bridgehead atoms. The number of hydrogen-bond acceptors (Lipinski definition) is 6. The first-order valence-electron chi connectivity index (χ1n) is 5.29. The van der Waals surface area contributed by atoms with Crippen LogP contribution in [0.1, 0.15) is 13.3 Å². The van der Waals surface area contributed by atoms with Crippen molar-refractivity contribution in [3.05, 3.63) is 38.4 Å². The molecule has 0 fully saturated rings. The fourth-order valence-electron chi connectivity index (χ4n) is 1.43. The van der Waals surface area contributed by atoms with Gasteiger partial charge < -0.3 is 10.4 Å². The van der Waals surface area contributed by atoms with E-state index in [4.69, 9.17) is 5.11 Å². The summed E-state index contributed by atoms with van der Waals surface area (Å²) in [7, 11) is 0. The van der Waals surface area contributed by atoms with Gasteiger partial charge in [-0.3, -0.25) is 20.2 Å². The third-order valence-electron chi connectivity index (χ3n) is 2.42. The molecule has 0 unspecified atom stereocenters. The van der Waals surface area contributed by atoms with Crippen LogP contribution < -0.4 is 5.32 Å². The van der Waals surface area contributed by atoms with Gasteiger partial charge in [0.15, 0.2) is 0 Å². The van der Waals surface area contributed by atoms with Gasteiger partial charge in [0, 0.05) is 6.07 Å². The molecule has 9 heteroatoms. The van der Waals surface area contributed by atoms with Crippen molar-refractivity contribution in [3.8, 4) is 0 Å². The SMILES string of the molecule is CC[C@H](Nc1ccc([N+](=O)[O-])cc1[N+](=O)[O-])C(=O)O. The van der Waals surface area contributed by atoms with Gasteiger partial charge in [-0.1, -0.05) is 6.92 Å². The van der Waals surface area contributed by atoms with Crippen LogP contribution in [0.5, 0.6) is 0 Å². The molecule has 0 saturated heterocycles. The monoisotopic (exact) mass is 269 g/mol. The lowest BCUT2D eigenvalue weighted by atomic mass is 10.2. The van der Waals surface area contributed by atoms with Crippen LogP contribution in [0.2, 0.25) is 0 Å². The van der Waals surface area contributed by atoms with E-state index in [1.807, 2.05) is 0 Å². The summed E-state index contributed by atoms with van der Waals surface area (Å²) >= 11 is 0. The smallest absolute Gasteiger partial charge is 0.326 e. The lowest BCUT2D eigenvalue weighted by Crippen LogP contribution is -2.28. The molecule has 0 aromatic heterocycles. The third-order valence-corrected chi connectivity index (χ3v) is 2.42. The molecule has 9 nitrogen and oxygen atoms in total. The zero-order chi connectivity index (χ0) is 14.6. The first-order valence-corrected chi connectivity index (χ1v) is 5.29. The summed E-state index contributed by atoms with van der Waals surface area (Å²) in [6.45, 7) is 1.60. The number of hydrogen-bond donors (Lipinski definition) is 2. The van der Waals surface area contributed by atoms with E-state index in [1.165, 1.54) is 0 Å². The predicted molar refractivity (Wildman–Crippen MR) is 65.1 cm³/mol. The van der Waals surface area contributed by atoms with Crippen molar-refractivity contribution in [2.75, 3.05) is 5.32 Å². The molecule has 1 rings (SSSR count). The first-order chi connectivity index (χ1) is 8.86. The highest BCUT2D eigenvalue weighted by atomic mass is 16.6. The van der Waals surface area contributed by atoms with Gasteiger partial charge in [-0.2, -0.15) is 0 Å². The van der Waals surface area contributed by atoms with Gasteiger partial charge >= 0.3 is 5.97 Å². The number of nitro groups is 2. The van der Waals surface area contributed by atoms with Crippen LogP contribution in [-0.4, -0.2) is 27.0 Å². The van der Waals surface area contributed by atoms with Gasteiger partial charge in [-0.15, -0.1) is 0 Å². The molecule has 102 valence electrons. The highest BCUT2D eigenvalue weighted by Crippen LogP contribution is 2.29. The molecule has 0 aliphatic carbocycles. The van der Waals surface area contributed by atoms with E-state index in [2.05, 4.69) is 5.32 Å². The number of carboxylic acid groups (broad SMARTS) is 1. The molecule has 0 aliphatic rings. The Labute approximate surface area is 107 Å². The van der Waals surface area contributed by atoms with Crippen molar-refractivity contribution in [1.82, 2.24) is 0 Å². The Morgan fingerprint density at radius 3 is 2.42 bits per heavy atom. The summed E-state index contributed by atoms with van der Waals surface area (Å²) in [4.78, 5) is 30.7. The number of nitrogens with zero attached hydrogens (tertiary/aromatic N) is 2. The molecule has 0 spiro atoms. The van der Waals surface area contributed by atoms with Gasteiger partial charge in [-0.05, 0) is 12.5 Å². The highest BCUT2D eigenvalue weighted by molar-refractivity contribution is 5.79. The fraction of sp³-hybridized carbons (Fsp3) is 0.300. The zero-order valence-corrected chi connectivity index (χ0v) is 9.90. The van der Waals surface area contributed by atoms with E-state index in [0.717, 1.165) is 18.2 Å². The largest absolute Gasteiger partial charge is 0.480 e. The van der Waals surface area contributed by atoms with Crippen LogP contribution in [0.4, 0.5) is 17.1 Å². The third kappa shape index (κ3) is 3.37. The summed E-state index contributed by atoms with van der Waals surface area (Å²) in [6, 6.07) is 1.99. The highest BCUT2D eigenvalue weighted by Gasteiger charge is 2.23. The van der Waals surface area contributed by atoms with Gasteiger partial charge in [0.05, 0.1) is 15.9 Å². The molecule has 0 radical (unpaired) electrons. The van der Waals surface area contributed by atoms with Crippen molar-refractivity contribution < 1.29 is 19.7 Å². The van der Waals surface area contributed by atoms with E-state index in [0.29, 0.717) is 0 Å². The van der Waals surface area contributed by atoms with Crippen molar-refractivity contribution in [2.24, 2.45) is 0 Å². The number of benzene rings is 1. The summed E-state index contributed by atoms with van der Waals surface area (Å²) in [6.07, 6.45) is 0.212. The summed E-state index contributed by atoms with van der Waals surface area (Å²) in [5, 5.41) is 32.7. The van der Waals surface area contributed by atoms with Gasteiger partial charge in [-0.25, -0.2) is 4.79 Å². The summed E-state index contributed by atoms with van der Waals surface area (Å²) in [5.41, 5.74) is -1.03. The van der Waals surface area contributed by atoms with E-state index in [-0.39, 0.29) is 12.1 Å². The number of carbonyl (C=O) groups is 1. The maximum Gasteiger partial charge on any atom is 0.326 e. The normalized spacial score (nSPS) is 11.6. The Kier molecular flexibility index (Phi) is 4.35. The van der Waals surface area contributed by atoms with Gasteiger partial charge in [0.2, 0.25) is 0 Å². The molecular formula is C10H11N3O6. The molecule has 1 atom stereocenters. The van der Waals surface area contributed by atoms with E-state index in [1.54, 1.807) is 6.92 Å². The Bertz CT molecular complexity index is 530. The number of nitrogens with one attached hydrogen (secondary N) is 1. The lowest BCUT2D eigenvalue weighted by molar-refractivity contribution is -0.393. The van der Waals surface area contributed by atoms with Crippen LogP contribution in [0.3, 0.4) is 0 Å². The average molecular weight is 269 g/mol. The minimum Gasteiger partial charge on any atom is -0.480 e. The second-order valence-corrected chi connectivity index (χ2v) is 3.66. The molecule has 2 N–H and O–H groups in total. The number of nitro benzene ring substituents is 2. The van der Waals surface area contributed by atoms with Crippen molar-refractivity contribution >= 4 is 23.0 Å². The predicted octanol–water partition coefficient (Wildman–Crippen LogP) is 1.78. The first kappa shape index (κ1) is 14.4. The Hall–Kier alpha value is -2.71. The van der Waals surface area contributed by atoms with Crippen LogP contribution >= 0.6 is 0 Å². The Morgan fingerprint density at radius 2 is 2.00 bits per heavy atom. The molecule has 19 heavy (non-hydrogen) atoms. The number of rotatable bonds is 6. The van der Waals surface area contributed by atoms with E-state index in [9.17, 15) is 25.0 Å². The Balaban J connectivity index is 3.16. The quantitative estimate of drug-likeness (QED) is 0.593. The lowest BCUT2D eigenvalue weighted by Gasteiger charge is -2.13. The van der Waals surface area contributed by atoms with E-state index >= 15 is 0 Å². The summed E-state index contributed by atoms with van der Waals surface area (Å²) in [5.74, 6) is -1.16. The standard InChI is InChI=1S/C10H11N3O6/c1-2-7(10(14)15)11-8-4-3-6(12(16)17)5-9(8)13(18)19/h3-5,7,11H,2H2,1H3,(H,14,15)/t7-/m0/s1. The molecule has 0 amide bonds. The maximum atomic E-state index is 10.9. The molecule has 0 aliphatic heterocycles. The number of non-ortho nitro benzene ring substituents is 1. The van der Waals surface area contributed by atoms with Crippen LogP contribution in [0, 0.1) is 20.2 Å². The Morgan fingerprint density at radius 1 is 1.37 bits per heavy atom. The fourth-order valence-corrected chi connectivity index (χ4v) is 1.43. The minimum absolute atomic E-state index is 0.0650. The second kappa shape index (κ2) is 5.76. The van der Waals surface area contributed by atoms with Crippen LogP contribution in [0.15, 0.2) is 18.2 Å². The van der Waals surface area contributed by atoms with Crippen molar-refractivity contribution in [1.29, 1.82) is 0 Å². The molecule has 0 saturated carbocycles. The van der Waals surface area contributed by atoms with Gasteiger partial charge in [0.1, 0.15) is 11.7 Å². The summed E-state index contributed by atoms with van der Waals surface area (Å²) < 4.78 is 0. The van der Waals surface area contributed by atoms with Crippen molar-refractivity contribution in [3.63, 3.8) is 0 Å². The van der Waals surface area contributed by atoms with Crippen LogP contribution in [0.25, 0.3) is 0 Å². The zero-order valence-electron chi connectivity index (χ0n) is 9.90. The second-order valence-electron chi connectivity index (χ2n) is 3.66. The van der Waals surface area contributed by atoms with Gasteiger partial charge in [0.25, 0.3) is 11.4 Å². The topological polar surface area (TPSA) is 136 Å². The minimum atomic E-state index is -1.16. The molecule has 1 aromatic carbocycles. The maximum absolute atomic E-state index is 10.9. The molecular weight excluding hydrogens is 258 g/mol. The number of carboxylic acids is 1.